The van der Waals surface area contributed by atoms with Crippen molar-refractivity contribution >= 4 is 11.6 Å². The fourth-order valence-corrected chi connectivity index (χ4v) is 2.11. The van der Waals surface area contributed by atoms with Crippen molar-refractivity contribution in [3.8, 4) is 6.07 Å². The normalized spacial score (nSPS) is 11.5. The van der Waals surface area contributed by atoms with Gasteiger partial charge in [-0.05, 0) is 48.9 Å². The number of hydrogen-bond acceptors (Lipinski definition) is 3. The highest BCUT2D eigenvalue weighted by Gasteiger charge is 2.18. The monoisotopic (exact) mass is 279 g/mol. The van der Waals surface area contributed by atoms with Crippen molar-refractivity contribution in [1.82, 2.24) is 4.90 Å². The highest BCUT2D eigenvalue weighted by molar-refractivity contribution is 5.94. The Balaban J connectivity index is 2.20. The topological polar surface area (TPSA) is 70.1 Å². The van der Waals surface area contributed by atoms with Gasteiger partial charge >= 0.3 is 0 Å². The first-order chi connectivity index (χ1) is 10.0. The zero-order chi connectivity index (χ0) is 15.4. The minimum Gasteiger partial charge on any atom is -0.399 e. The Labute approximate surface area is 124 Å². The van der Waals surface area contributed by atoms with Crippen LogP contribution in [0.5, 0.6) is 0 Å². The first kappa shape index (κ1) is 14.6. The second-order valence-corrected chi connectivity index (χ2v) is 4.95. The van der Waals surface area contributed by atoms with Crippen LogP contribution in [0.4, 0.5) is 5.69 Å². The lowest BCUT2D eigenvalue weighted by atomic mass is 10.1. The van der Waals surface area contributed by atoms with E-state index in [2.05, 4.69) is 0 Å². The van der Waals surface area contributed by atoms with Gasteiger partial charge in [0.25, 0.3) is 5.91 Å². The molecule has 2 aromatic carbocycles. The SMILES string of the molecule is CC(c1cccc(N)c1)N(C)C(=O)c1ccc(C#N)cc1. The number of anilines is 1. The van der Waals surface area contributed by atoms with Crippen LogP contribution in [-0.2, 0) is 0 Å². The van der Waals surface area contributed by atoms with Gasteiger partial charge in [0.05, 0.1) is 17.7 Å². The number of amides is 1. The maximum atomic E-state index is 12.5. The van der Waals surface area contributed by atoms with E-state index in [-0.39, 0.29) is 11.9 Å². The number of nitrogen functional groups attached to an aromatic ring is 1. The smallest absolute Gasteiger partial charge is 0.254 e. The Kier molecular flexibility index (Phi) is 4.24. The van der Waals surface area contributed by atoms with Crippen LogP contribution < -0.4 is 5.73 Å². The van der Waals surface area contributed by atoms with Crippen molar-refractivity contribution in [3.63, 3.8) is 0 Å². The summed E-state index contributed by atoms with van der Waals surface area (Å²) in [4.78, 5) is 14.1. The second kappa shape index (κ2) is 6.10. The van der Waals surface area contributed by atoms with E-state index in [0.717, 1.165) is 5.56 Å². The molecular formula is C17H17N3O. The molecule has 0 saturated heterocycles. The molecule has 2 N–H and O–H groups in total. The molecule has 1 amide bonds. The molecule has 0 spiro atoms. The average molecular weight is 279 g/mol. The Morgan fingerprint density at radius 1 is 1.24 bits per heavy atom. The number of nitrogens with zero attached hydrogens (tertiary/aromatic N) is 2. The van der Waals surface area contributed by atoms with Crippen molar-refractivity contribution in [2.75, 3.05) is 12.8 Å². The van der Waals surface area contributed by atoms with Crippen LogP contribution in [0.2, 0.25) is 0 Å². The number of nitrogens with two attached hydrogens (primary N) is 1. The van der Waals surface area contributed by atoms with Gasteiger partial charge in [0.15, 0.2) is 0 Å². The van der Waals surface area contributed by atoms with Crippen LogP contribution in [0.3, 0.4) is 0 Å². The Morgan fingerprint density at radius 3 is 2.48 bits per heavy atom. The predicted molar refractivity (Wildman–Crippen MR) is 82.5 cm³/mol. The molecule has 0 saturated carbocycles. The largest absolute Gasteiger partial charge is 0.399 e. The summed E-state index contributed by atoms with van der Waals surface area (Å²) in [6.07, 6.45) is 0. The molecule has 21 heavy (non-hydrogen) atoms. The number of carbonyl (C=O) groups excluding carboxylic acids is 1. The minimum absolute atomic E-state index is 0.0864. The van der Waals surface area contributed by atoms with E-state index in [9.17, 15) is 4.79 Å². The van der Waals surface area contributed by atoms with E-state index >= 15 is 0 Å². The van der Waals surface area contributed by atoms with Gasteiger partial charge in [-0.1, -0.05) is 12.1 Å². The van der Waals surface area contributed by atoms with Crippen LogP contribution in [0.1, 0.15) is 34.5 Å². The molecular weight excluding hydrogens is 262 g/mol. The maximum Gasteiger partial charge on any atom is 0.254 e. The highest BCUT2D eigenvalue weighted by atomic mass is 16.2. The zero-order valence-electron chi connectivity index (χ0n) is 12.1. The van der Waals surface area contributed by atoms with Crippen LogP contribution in [-0.4, -0.2) is 17.9 Å². The first-order valence-electron chi connectivity index (χ1n) is 6.65. The molecule has 1 atom stereocenters. The van der Waals surface area contributed by atoms with Crippen LogP contribution in [0.15, 0.2) is 48.5 Å². The fraction of sp³-hybridized carbons (Fsp3) is 0.176. The van der Waals surface area contributed by atoms with E-state index in [1.165, 1.54) is 0 Å². The summed E-state index contributed by atoms with van der Waals surface area (Å²) in [7, 11) is 1.76. The Morgan fingerprint density at radius 2 is 1.90 bits per heavy atom. The predicted octanol–water partition coefficient (Wildman–Crippen LogP) is 2.97. The molecule has 0 aliphatic heterocycles. The van der Waals surface area contributed by atoms with Crippen LogP contribution >= 0.6 is 0 Å². The van der Waals surface area contributed by atoms with Crippen molar-refractivity contribution in [2.24, 2.45) is 0 Å². The lowest BCUT2D eigenvalue weighted by Gasteiger charge is -2.25. The van der Waals surface area contributed by atoms with Crippen LogP contribution in [0.25, 0.3) is 0 Å². The molecule has 4 nitrogen and oxygen atoms in total. The van der Waals surface area contributed by atoms with E-state index in [0.29, 0.717) is 16.8 Å². The molecule has 0 fully saturated rings. The third kappa shape index (κ3) is 3.21. The summed E-state index contributed by atoms with van der Waals surface area (Å²) >= 11 is 0. The molecule has 0 aliphatic rings. The van der Waals surface area contributed by atoms with Gasteiger partial charge in [-0.25, -0.2) is 0 Å². The molecule has 4 heteroatoms. The third-order valence-electron chi connectivity index (χ3n) is 3.56. The summed E-state index contributed by atoms with van der Waals surface area (Å²) in [6, 6.07) is 16.1. The molecule has 106 valence electrons. The fourth-order valence-electron chi connectivity index (χ4n) is 2.11. The quantitative estimate of drug-likeness (QED) is 0.878. The van der Waals surface area contributed by atoms with E-state index in [1.54, 1.807) is 36.2 Å². The molecule has 0 aliphatic carbocycles. The van der Waals surface area contributed by atoms with E-state index in [1.807, 2.05) is 37.3 Å². The summed E-state index contributed by atoms with van der Waals surface area (Å²) in [5.74, 6) is -0.0885. The van der Waals surface area contributed by atoms with Gasteiger partial charge in [-0.2, -0.15) is 5.26 Å². The summed E-state index contributed by atoms with van der Waals surface area (Å²) in [5, 5.41) is 8.78. The summed E-state index contributed by atoms with van der Waals surface area (Å²) < 4.78 is 0. The molecule has 2 aromatic rings. The van der Waals surface area contributed by atoms with Gasteiger partial charge < -0.3 is 10.6 Å². The standard InChI is InChI=1S/C17H17N3O/c1-12(15-4-3-5-16(19)10-15)20(2)17(21)14-8-6-13(11-18)7-9-14/h3-10,12H,19H2,1-2H3. The molecule has 0 heterocycles. The van der Waals surface area contributed by atoms with Crippen molar-refractivity contribution < 1.29 is 4.79 Å². The third-order valence-corrected chi connectivity index (χ3v) is 3.56. The maximum absolute atomic E-state index is 12.5. The Bertz CT molecular complexity index is 686. The molecule has 0 radical (unpaired) electrons. The van der Waals surface area contributed by atoms with Crippen molar-refractivity contribution in [3.05, 3.63) is 65.2 Å². The zero-order valence-corrected chi connectivity index (χ0v) is 12.1. The number of nitriles is 1. The van der Waals surface area contributed by atoms with Gasteiger partial charge in [-0.15, -0.1) is 0 Å². The second-order valence-electron chi connectivity index (χ2n) is 4.95. The molecule has 0 bridgehead atoms. The average Bonchev–Trinajstić information content (AvgIpc) is 2.53. The summed E-state index contributed by atoms with van der Waals surface area (Å²) in [6.45, 7) is 1.95. The highest BCUT2D eigenvalue weighted by Crippen LogP contribution is 2.22. The lowest BCUT2D eigenvalue weighted by Crippen LogP contribution is -2.29. The number of rotatable bonds is 3. The first-order valence-corrected chi connectivity index (χ1v) is 6.65. The van der Waals surface area contributed by atoms with Gasteiger partial charge in [0.2, 0.25) is 0 Å². The molecule has 2 rings (SSSR count). The number of benzene rings is 2. The van der Waals surface area contributed by atoms with E-state index < -0.39 is 0 Å². The van der Waals surface area contributed by atoms with Gasteiger partial charge in [0.1, 0.15) is 0 Å². The lowest BCUT2D eigenvalue weighted by molar-refractivity contribution is 0.0742. The van der Waals surface area contributed by atoms with E-state index in [4.69, 9.17) is 11.0 Å². The van der Waals surface area contributed by atoms with Crippen LogP contribution in [0, 0.1) is 11.3 Å². The number of carbonyl (C=O) groups is 1. The molecule has 1 unspecified atom stereocenters. The van der Waals surface area contributed by atoms with Crippen molar-refractivity contribution in [2.45, 2.75) is 13.0 Å². The van der Waals surface area contributed by atoms with Gasteiger partial charge in [0, 0.05) is 18.3 Å². The molecule has 0 aromatic heterocycles. The Hall–Kier alpha value is -2.80. The minimum atomic E-state index is -0.0885. The van der Waals surface area contributed by atoms with Gasteiger partial charge in [-0.3, -0.25) is 4.79 Å². The summed E-state index contributed by atoms with van der Waals surface area (Å²) in [5.41, 5.74) is 8.55. The van der Waals surface area contributed by atoms with Crippen molar-refractivity contribution in [1.29, 1.82) is 5.26 Å². The number of hydrogen-bond donors (Lipinski definition) is 1.